The average molecular weight is 272 g/mol. The van der Waals surface area contributed by atoms with Crippen LogP contribution in [0, 0.1) is 0 Å². The standard InChI is InChI=1S/C12H20N2O3S/c1-9(12(2,3)15)14-8-10-4-6-11(7-5-10)18(13,16)17/h4-7,9,14-15H,8H2,1-3H3,(H2,13,16,17). The van der Waals surface area contributed by atoms with E-state index >= 15 is 0 Å². The Labute approximate surface area is 108 Å². The van der Waals surface area contributed by atoms with Gasteiger partial charge in [0.05, 0.1) is 10.5 Å². The average Bonchev–Trinajstić information content (AvgIpc) is 2.24. The van der Waals surface area contributed by atoms with Crippen LogP contribution in [-0.4, -0.2) is 25.2 Å². The van der Waals surface area contributed by atoms with E-state index in [1.807, 2.05) is 6.92 Å². The van der Waals surface area contributed by atoms with Gasteiger partial charge < -0.3 is 10.4 Å². The fraction of sp³-hybridized carbons (Fsp3) is 0.500. The molecule has 4 N–H and O–H groups in total. The monoisotopic (exact) mass is 272 g/mol. The molecule has 0 aliphatic carbocycles. The number of hydrogen-bond donors (Lipinski definition) is 3. The number of benzene rings is 1. The second-order valence-corrected chi connectivity index (χ2v) is 6.51. The Hall–Kier alpha value is -0.950. The summed E-state index contributed by atoms with van der Waals surface area (Å²) < 4.78 is 22.1. The van der Waals surface area contributed by atoms with Crippen LogP contribution in [0.4, 0.5) is 0 Å². The molecule has 6 heteroatoms. The normalized spacial score (nSPS) is 14.5. The Morgan fingerprint density at radius 1 is 1.33 bits per heavy atom. The molecular weight excluding hydrogens is 252 g/mol. The van der Waals surface area contributed by atoms with Gasteiger partial charge in [0, 0.05) is 12.6 Å². The Balaban J connectivity index is 2.66. The first-order valence-electron chi connectivity index (χ1n) is 5.68. The van der Waals surface area contributed by atoms with Gasteiger partial charge in [-0.25, -0.2) is 13.6 Å². The van der Waals surface area contributed by atoms with Gasteiger partial charge in [0.25, 0.3) is 0 Å². The molecule has 0 fully saturated rings. The lowest BCUT2D eigenvalue weighted by Gasteiger charge is -2.26. The number of sulfonamides is 1. The summed E-state index contributed by atoms with van der Waals surface area (Å²) in [4.78, 5) is 0.0989. The highest BCUT2D eigenvalue weighted by molar-refractivity contribution is 7.89. The van der Waals surface area contributed by atoms with Gasteiger partial charge in [-0.3, -0.25) is 0 Å². The molecule has 5 nitrogen and oxygen atoms in total. The van der Waals surface area contributed by atoms with E-state index < -0.39 is 15.6 Å². The maximum atomic E-state index is 11.1. The van der Waals surface area contributed by atoms with Crippen molar-refractivity contribution < 1.29 is 13.5 Å². The first-order valence-corrected chi connectivity index (χ1v) is 7.23. The van der Waals surface area contributed by atoms with Crippen LogP contribution in [0.1, 0.15) is 26.3 Å². The number of hydrogen-bond acceptors (Lipinski definition) is 4. The molecule has 0 heterocycles. The van der Waals surface area contributed by atoms with Crippen molar-refractivity contribution in [1.29, 1.82) is 0 Å². The fourth-order valence-electron chi connectivity index (χ4n) is 1.32. The molecule has 1 rings (SSSR count). The van der Waals surface area contributed by atoms with Gasteiger partial charge in [-0.15, -0.1) is 0 Å². The summed E-state index contributed by atoms with van der Waals surface area (Å²) in [6.07, 6.45) is 0. The van der Waals surface area contributed by atoms with Gasteiger partial charge in [-0.05, 0) is 38.5 Å². The zero-order valence-electron chi connectivity index (χ0n) is 10.8. The molecule has 0 bridgehead atoms. The molecule has 102 valence electrons. The van der Waals surface area contributed by atoms with E-state index in [4.69, 9.17) is 5.14 Å². The van der Waals surface area contributed by atoms with Gasteiger partial charge in [0.2, 0.25) is 10.0 Å². The third-order valence-corrected chi connectivity index (χ3v) is 3.85. The predicted molar refractivity (Wildman–Crippen MR) is 70.4 cm³/mol. The molecule has 0 aliphatic rings. The van der Waals surface area contributed by atoms with Crippen molar-refractivity contribution in [2.75, 3.05) is 0 Å². The molecule has 0 aromatic heterocycles. The van der Waals surface area contributed by atoms with Gasteiger partial charge in [0.1, 0.15) is 0 Å². The molecule has 1 atom stereocenters. The van der Waals surface area contributed by atoms with Gasteiger partial charge in [-0.2, -0.15) is 0 Å². The fourth-order valence-corrected chi connectivity index (χ4v) is 1.83. The SMILES string of the molecule is CC(NCc1ccc(S(N)(=O)=O)cc1)C(C)(C)O. The summed E-state index contributed by atoms with van der Waals surface area (Å²) in [5, 5.41) is 17.9. The van der Waals surface area contributed by atoms with Crippen molar-refractivity contribution >= 4 is 10.0 Å². The second-order valence-electron chi connectivity index (χ2n) is 4.95. The van der Waals surface area contributed by atoms with Gasteiger partial charge in [-0.1, -0.05) is 12.1 Å². The number of aliphatic hydroxyl groups is 1. The lowest BCUT2D eigenvalue weighted by Crippen LogP contribution is -2.44. The van der Waals surface area contributed by atoms with Crippen LogP contribution in [0.15, 0.2) is 29.2 Å². The van der Waals surface area contributed by atoms with E-state index in [1.165, 1.54) is 12.1 Å². The molecular formula is C12H20N2O3S. The minimum Gasteiger partial charge on any atom is -0.389 e. The van der Waals surface area contributed by atoms with Crippen LogP contribution >= 0.6 is 0 Å². The highest BCUT2D eigenvalue weighted by Gasteiger charge is 2.21. The van der Waals surface area contributed by atoms with Crippen molar-refractivity contribution in [2.24, 2.45) is 5.14 Å². The topological polar surface area (TPSA) is 92.4 Å². The summed E-state index contributed by atoms with van der Waals surface area (Å²) in [6, 6.07) is 6.27. The maximum absolute atomic E-state index is 11.1. The van der Waals surface area contributed by atoms with E-state index in [1.54, 1.807) is 26.0 Å². The zero-order valence-corrected chi connectivity index (χ0v) is 11.7. The summed E-state index contributed by atoms with van der Waals surface area (Å²) in [5.41, 5.74) is 0.124. The molecule has 1 unspecified atom stereocenters. The minimum atomic E-state index is -3.63. The maximum Gasteiger partial charge on any atom is 0.238 e. The van der Waals surface area contributed by atoms with Gasteiger partial charge >= 0.3 is 0 Å². The van der Waals surface area contributed by atoms with E-state index in [0.29, 0.717) is 6.54 Å². The molecule has 1 aromatic rings. The second kappa shape index (κ2) is 5.36. The molecule has 0 aliphatic heterocycles. The molecule has 18 heavy (non-hydrogen) atoms. The zero-order chi connectivity index (χ0) is 14.0. The van der Waals surface area contributed by atoms with Crippen molar-refractivity contribution in [3.05, 3.63) is 29.8 Å². The van der Waals surface area contributed by atoms with Gasteiger partial charge in [0.15, 0.2) is 0 Å². The van der Waals surface area contributed by atoms with Crippen molar-refractivity contribution in [3.63, 3.8) is 0 Å². The lowest BCUT2D eigenvalue weighted by molar-refractivity contribution is 0.0437. The highest BCUT2D eigenvalue weighted by atomic mass is 32.2. The predicted octanol–water partition coefficient (Wildman–Crippen LogP) is 0.583. The van der Waals surface area contributed by atoms with Crippen LogP contribution in [0.3, 0.4) is 0 Å². The van der Waals surface area contributed by atoms with E-state index in [-0.39, 0.29) is 10.9 Å². The van der Waals surface area contributed by atoms with Crippen LogP contribution in [-0.2, 0) is 16.6 Å². The van der Waals surface area contributed by atoms with Crippen molar-refractivity contribution in [2.45, 2.75) is 43.9 Å². The number of rotatable bonds is 5. The first-order chi connectivity index (χ1) is 8.10. The number of primary sulfonamides is 1. The van der Waals surface area contributed by atoms with Crippen molar-refractivity contribution in [1.82, 2.24) is 5.32 Å². The quantitative estimate of drug-likeness (QED) is 0.731. The summed E-state index contributed by atoms with van der Waals surface area (Å²) in [6.45, 7) is 5.90. The Morgan fingerprint density at radius 3 is 2.22 bits per heavy atom. The minimum absolute atomic E-state index is 0.0737. The molecule has 1 aromatic carbocycles. The Bertz CT molecular complexity index is 489. The summed E-state index contributed by atoms with van der Waals surface area (Å²) >= 11 is 0. The largest absolute Gasteiger partial charge is 0.389 e. The van der Waals surface area contributed by atoms with Crippen LogP contribution in [0.5, 0.6) is 0 Å². The Kier molecular flexibility index (Phi) is 4.50. The Morgan fingerprint density at radius 2 is 1.83 bits per heavy atom. The third-order valence-electron chi connectivity index (χ3n) is 2.92. The van der Waals surface area contributed by atoms with E-state index in [0.717, 1.165) is 5.56 Å². The molecule has 0 amide bonds. The highest BCUT2D eigenvalue weighted by Crippen LogP contribution is 2.11. The molecule has 0 saturated carbocycles. The first kappa shape index (κ1) is 15.1. The summed E-state index contributed by atoms with van der Waals surface area (Å²) in [5.74, 6) is 0. The molecule has 0 saturated heterocycles. The van der Waals surface area contributed by atoms with E-state index in [2.05, 4.69) is 5.32 Å². The van der Waals surface area contributed by atoms with Crippen LogP contribution in [0.25, 0.3) is 0 Å². The lowest BCUT2D eigenvalue weighted by atomic mass is 10.0. The van der Waals surface area contributed by atoms with Crippen LogP contribution in [0.2, 0.25) is 0 Å². The molecule has 0 radical (unpaired) electrons. The van der Waals surface area contributed by atoms with Crippen molar-refractivity contribution in [3.8, 4) is 0 Å². The van der Waals surface area contributed by atoms with E-state index in [9.17, 15) is 13.5 Å². The molecule has 0 spiro atoms. The third kappa shape index (κ3) is 4.38. The smallest absolute Gasteiger partial charge is 0.238 e. The van der Waals surface area contributed by atoms with Crippen LogP contribution < -0.4 is 10.5 Å². The number of nitrogens with two attached hydrogens (primary N) is 1. The number of nitrogens with one attached hydrogen (secondary N) is 1. The summed E-state index contributed by atoms with van der Waals surface area (Å²) in [7, 11) is -3.63.